The molecule has 3 aromatic carbocycles. The SMILES string of the molecule is CC#Cc1ccc(C#C[Si](C)(C)C)cc1[Si](C#Cc1ccccc1)(C#Cc1ccccc1)C(C)(C)C. The third-order valence-electron chi connectivity index (χ3n) is 5.73. The van der Waals surface area contributed by atoms with Crippen LogP contribution < -0.4 is 5.19 Å². The predicted octanol–water partition coefficient (Wildman–Crippen LogP) is 6.92. The largest absolute Gasteiger partial charge is 0.253 e. The van der Waals surface area contributed by atoms with Crippen molar-refractivity contribution >= 4 is 21.3 Å². The summed E-state index contributed by atoms with van der Waals surface area (Å²) in [5, 5.41) is 0.976. The van der Waals surface area contributed by atoms with Crippen molar-refractivity contribution in [2.75, 3.05) is 0 Å². The van der Waals surface area contributed by atoms with Crippen molar-refractivity contribution in [1.82, 2.24) is 0 Å². The number of hydrogen-bond donors (Lipinski definition) is 0. The van der Waals surface area contributed by atoms with Gasteiger partial charge in [0.05, 0.1) is 0 Å². The number of hydrogen-bond acceptors (Lipinski definition) is 0. The van der Waals surface area contributed by atoms with Gasteiger partial charge in [-0.1, -0.05) is 100 Å². The summed E-state index contributed by atoms with van der Waals surface area (Å²) in [6.45, 7) is 15.5. The van der Waals surface area contributed by atoms with E-state index in [-0.39, 0.29) is 5.04 Å². The van der Waals surface area contributed by atoms with Crippen LogP contribution in [0.25, 0.3) is 0 Å². The Labute approximate surface area is 220 Å². The first-order chi connectivity index (χ1) is 17.0. The summed E-state index contributed by atoms with van der Waals surface area (Å²) in [4.78, 5) is 0. The van der Waals surface area contributed by atoms with Gasteiger partial charge in [-0.15, -0.1) is 22.6 Å². The maximum absolute atomic E-state index is 3.78. The first kappa shape index (κ1) is 26.9. The van der Waals surface area contributed by atoms with E-state index < -0.39 is 16.1 Å². The van der Waals surface area contributed by atoms with Crippen LogP contribution in [0.15, 0.2) is 78.9 Å². The number of benzene rings is 3. The highest BCUT2D eigenvalue weighted by Gasteiger charge is 2.46. The van der Waals surface area contributed by atoms with Crippen LogP contribution in [0.4, 0.5) is 0 Å². The van der Waals surface area contributed by atoms with Gasteiger partial charge in [-0.25, -0.2) is 0 Å². The zero-order valence-corrected chi connectivity index (χ0v) is 24.5. The molecule has 0 unspecified atom stereocenters. The van der Waals surface area contributed by atoms with Crippen LogP contribution >= 0.6 is 0 Å². The fourth-order valence-electron chi connectivity index (χ4n) is 3.76. The average molecular weight is 499 g/mol. The quantitative estimate of drug-likeness (QED) is 0.252. The lowest BCUT2D eigenvalue weighted by Gasteiger charge is -2.35. The van der Waals surface area contributed by atoms with E-state index in [9.17, 15) is 0 Å². The Balaban J connectivity index is 2.40. The number of rotatable bonds is 1. The van der Waals surface area contributed by atoms with E-state index in [0.29, 0.717) is 0 Å². The van der Waals surface area contributed by atoms with Crippen LogP contribution in [0.2, 0.25) is 24.7 Å². The summed E-state index contributed by atoms with van der Waals surface area (Å²) in [6.07, 6.45) is 0. The molecular weight excluding hydrogens is 465 g/mol. The molecule has 0 amide bonds. The van der Waals surface area contributed by atoms with Gasteiger partial charge in [-0.05, 0) is 59.6 Å². The monoisotopic (exact) mass is 498 g/mol. The molecule has 0 spiro atoms. The van der Waals surface area contributed by atoms with Crippen molar-refractivity contribution in [2.24, 2.45) is 0 Å². The molecule has 0 aliphatic heterocycles. The minimum atomic E-state index is -2.81. The second-order valence-electron chi connectivity index (χ2n) is 10.9. The van der Waals surface area contributed by atoms with E-state index in [2.05, 4.69) is 129 Å². The first-order valence-corrected chi connectivity index (χ1v) is 17.8. The molecule has 2 heteroatoms. The molecule has 0 aromatic heterocycles. The Morgan fingerprint density at radius 1 is 0.583 bits per heavy atom. The Hall–Kier alpha value is -3.67. The minimum Gasteiger partial charge on any atom is -0.127 e. The van der Waals surface area contributed by atoms with Crippen molar-refractivity contribution in [3.8, 4) is 46.2 Å². The summed E-state index contributed by atoms with van der Waals surface area (Å²) in [7, 11) is -4.33. The molecule has 0 radical (unpaired) electrons. The van der Waals surface area contributed by atoms with Crippen molar-refractivity contribution < 1.29 is 0 Å². The van der Waals surface area contributed by atoms with Gasteiger partial charge < -0.3 is 0 Å². The molecule has 0 nitrogen and oxygen atoms in total. The molecule has 0 bridgehead atoms. The molecule has 0 saturated carbocycles. The molecule has 178 valence electrons. The topological polar surface area (TPSA) is 0 Å². The third-order valence-corrected chi connectivity index (χ3v) is 11.1. The summed E-state index contributed by atoms with van der Waals surface area (Å²) in [6, 6.07) is 26.8. The molecule has 0 aliphatic rings. The van der Waals surface area contributed by atoms with Crippen LogP contribution in [-0.4, -0.2) is 16.1 Å². The van der Waals surface area contributed by atoms with Crippen molar-refractivity contribution in [3.63, 3.8) is 0 Å². The molecule has 0 aliphatic carbocycles. The third kappa shape index (κ3) is 6.94. The molecule has 3 rings (SSSR count). The molecular formula is C34H34Si2. The lowest BCUT2D eigenvalue weighted by atomic mass is 10.1. The summed E-state index contributed by atoms with van der Waals surface area (Å²) in [5.41, 5.74) is 15.1. The fourth-order valence-corrected chi connectivity index (χ4v) is 7.75. The smallest absolute Gasteiger partial charge is 0.127 e. The maximum atomic E-state index is 3.78. The van der Waals surface area contributed by atoms with E-state index in [0.717, 1.165) is 27.4 Å². The average Bonchev–Trinajstić information content (AvgIpc) is 2.84. The Morgan fingerprint density at radius 2 is 1.08 bits per heavy atom. The fraction of sp³-hybridized carbons (Fsp3) is 0.235. The van der Waals surface area contributed by atoms with Gasteiger partial charge in [-0.3, -0.25) is 0 Å². The Bertz CT molecular complexity index is 1400. The molecule has 0 atom stereocenters. The Kier molecular flexibility index (Phi) is 8.51. The standard InChI is InChI=1S/C34H34Si2/c1-8-15-32-21-20-31(22-25-35(5,6)7)28-33(32)36(34(2,3)4,26-23-29-16-11-9-12-17-29)27-24-30-18-13-10-14-19-30/h9-14,16-21,28H,1-7H3. The predicted molar refractivity (Wildman–Crippen MR) is 161 cm³/mol. The minimum absolute atomic E-state index is 0.175. The lowest BCUT2D eigenvalue weighted by molar-refractivity contribution is 0.741. The second-order valence-corrected chi connectivity index (χ2v) is 19.7. The van der Waals surface area contributed by atoms with Gasteiger partial charge in [0.1, 0.15) is 8.07 Å². The van der Waals surface area contributed by atoms with Crippen molar-refractivity contribution in [1.29, 1.82) is 0 Å². The summed E-state index contributed by atoms with van der Waals surface area (Å²) < 4.78 is 0. The van der Waals surface area contributed by atoms with E-state index in [1.165, 1.54) is 0 Å². The van der Waals surface area contributed by atoms with Crippen molar-refractivity contribution in [3.05, 3.63) is 101 Å². The van der Waals surface area contributed by atoms with E-state index in [1.54, 1.807) is 0 Å². The van der Waals surface area contributed by atoms with Crippen LogP contribution in [0.5, 0.6) is 0 Å². The van der Waals surface area contributed by atoms with Crippen LogP contribution in [-0.2, 0) is 0 Å². The van der Waals surface area contributed by atoms with Gasteiger partial charge in [0.15, 0.2) is 0 Å². The highest BCUT2D eigenvalue weighted by molar-refractivity contribution is 7.06. The zero-order valence-electron chi connectivity index (χ0n) is 22.5. The molecule has 3 aromatic rings. The Morgan fingerprint density at radius 3 is 1.53 bits per heavy atom. The zero-order chi connectivity index (χ0) is 26.2. The van der Waals surface area contributed by atoms with Gasteiger partial charge in [0, 0.05) is 22.3 Å². The molecule has 0 N–H and O–H groups in total. The molecule has 0 heterocycles. The summed E-state index contributed by atoms with van der Waals surface area (Å²) >= 11 is 0. The van der Waals surface area contributed by atoms with Gasteiger partial charge >= 0.3 is 0 Å². The molecule has 0 saturated heterocycles. The van der Waals surface area contributed by atoms with Crippen LogP contribution in [0, 0.1) is 46.2 Å². The maximum Gasteiger partial charge on any atom is 0.253 e. The molecule has 0 fully saturated rings. The van der Waals surface area contributed by atoms with Crippen molar-refractivity contribution in [2.45, 2.75) is 52.4 Å². The van der Waals surface area contributed by atoms with Crippen LogP contribution in [0.3, 0.4) is 0 Å². The lowest BCUT2D eigenvalue weighted by Crippen LogP contribution is -2.55. The van der Waals surface area contributed by atoms with E-state index in [4.69, 9.17) is 0 Å². The van der Waals surface area contributed by atoms with Gasteiger partial charge in [0.2, 0.25) is 0 Å². The van der Waals surface area contributed by atoms with Gasteiger partial charge in [-0.2, -0.15) is 0 Å². The normalized spacial score (nSPS) is 10.9. The van der Waals surface area contributed by atoms with E-state index >= 15 is 0 Å². The highest BCUT2D eigenvalue weighted by atomic mass is 28.3. The van der Waals surface area contributed by atoms with Crippen LogP contribution in [0.1, 0.15) is 49.9 Å². The van der Waals surface area contributed by atoms with E-state index in [1.807, 2.05) is 43.3 Å². The first-order valence-electron chi connectivity index (χ1n) is 12.3. The second kappa shape index (κ2) is 11.4. The highest BCUT2D eigenvalue weighted by Crippen LogP contribution is 2.36. The van der Waals surface area contributed by atoms with Gasteiger partial charge in [0.25, 0.3) is 8.07 Å². The molecule has 36 heavy (non-hydrogen) atoms. The summed E-state index contributed by atoms with van der Waals surface area (Å²) in [5.74, 6) is 16.9.